The van der Waals surface area contributed by atoms with E-state index in [2.05, 4.69) is 36.9 Å². The van der Waals surface area contributed by atoms with Gasteiger partial charge in [-0.1, -0.05) is 11.6 Å². The van der Waals surface area contributed by atoms with Crippen molar-refractivity contribution in [2.75, 3.05) is 10.6 Å². The van der Waals surface area contributed by atoms with Crippen molar-refractivity contribution in [2.45, 2.75) is 19.9 Å². The molecule has 26 heavy (non-hydrogen) atoms. The molecule has 3 N–H and O–H groups in total. The summed E-state index contributed by atoms with van der Waals surface area (Å²) >= 11 is 6.21. The van der Waals surface area contributed by atoms with Crippen molar-refractivity contribution in [3.8, 4) is 6.07 Å². The van der Waals surface area contributed by atoms with Crippen molar-refractivity contribution >= 4 is 29.1 Å². The van der Waals surface area contributed by atoms with Crippen LogP contribution < -0.4 is 10.6 Å². The Labute approximate surface area is 154 Å². The summed E-state index contributed by atoms with van der Waals surface area (Å²) in [5.41, 5.74) is 1.78. The van der Waals surface area contributed by atoms with Gasteiger partial charge >= 0.3 is 0 Å². The summed E-state index contributed by atoms with van der Waals surface area (Å²) in [4.78, 5) is 8.43. The zero-order chi connectivity index (χ0) is 18.7. The molecule has 0 saturated heterocycles. The Hall–Kier alpha value is -3.18. The van der Waals surface area contributed by atoms with Gasteiger partial charge in [0.05, 0.1) is 28.5 Å². The second-order valence-corrected chi connectivity index (χ2v) is 6.06. The maximum absolute atomic E-state index is 13.0. The molecule has 3 aromatic heterocycles. The summed E-state index contributed by atoms with van der Waals surface area (Å²) in [5, 5.41) is 22.7. The average molecular weight is 372 g/mol. The van der Waals surface area contributed by atoms with E-state index in [4.69, 9.17) is 11.6 Å². The van der Waals surface area contributed by atoms with Crippen LogP contribution >= 0.6 is 11.6 Å². The lowest BCUT2D eigenvalue weighted by Gasteiger charge is -2.16. The van der Waals surface area contributed by atoms with Crippen LogP contribution in [0, 0.1) is 24.1 Å². The van der Waals surface area contributed by atoms with E-state index in [0.29, 0.717) is 28.2 Å². The summed E-state index contributed by atoms with van der Waals surface area (Å²) < 4.78 is 13.0. The minimum atomic E-state index is -0.413. The summed E-state index contributed by atoms with van der Waals surface area (Å²) in [6.07, 6.45) is 1.14. The highest BCUT2D eigenvalue weighted by molar-refractivity contribution is 6.33. The number of anilines is 3. The van der Waals surface area contributed by atoms with Crippen LogP contribution in [0.1, 0.15) is 29.9 Å². The molecule has 0 saturated carbocycles. The highest BCUT2D eigenvalue weighted by atomic mass is 35.5. The molecule has 0 aliphatic rings. The highest BCUT2D eigenvalue weighted by Gasteiger charge is 2.15. The number of nitrogens with one attached hydrogen (secondary N) is 3. The molecular weight excluding hydrogens is 357 g/mol. The van der Waals surface area contributed by atoms with Crippen LogP contribution in [0.3, 0.4) is 0 Å². The monoisotopic (exact) mass is 371 g/mol. The van der Waals surface area contributed by atoms with E-state index in [1.165, 1.54) is 12.1 Å². The van der Waals surface area contributed by atoms with Gasteiger partial charge in [0.1, 0.15) is 17.7 Å². The van der Waals surface area contributed by atoms with Gasteiger partial charge in [-0.25, -0.2) is 9.37 Å². The van der Waals surface area contributed by atoms with Crippen LogP contribution in [-0.4, -0.2) is 20.2 Å². The van der Waals surface area contributed by atoms with E-state index in [1.807, 2.05) is 13.8 Å². The third-order valence-electron chi connectivity index (χ3n) is 3.60. The molecular formula is C17H15ClFN7. The van der Waals surface area contributed by atoms with Gasteiger partial charge in [-0.15, -0.1) is 0 Å². The van der Waals surface area contributed by atoms with Crippen LogP contribution in [0.15, 0.2) is 30.5 Å². The van der Waals surface area contributed by atoms with Gasteiger partial charge in [-0.05, 0) is 32.0 Å². The highest BCUT2D eigenvalue weighted by Crippen LogP contribution is 2.29. The predicted octanol–water partition coefficient (Wildman–Crippen LogP) is 4.09. The van der Waals surface area contributed by atoms with Gasteiger partial charge in [0.2, 0.25) is 0 Å². The van der Waals surface area contributed by atoms with Crippen LogP contribution in [0.25, 0.3) is 0 Å². The Morgan fingerprint density at radius 2 is 2.12 bits per heavy atom. The molecule has 1 unspecified atom stereocenters. The standard InChI is InChI=1S/C17H15ClFN7/c1-9-5-15(26-25-9)23-17-13(18)6-11(7-20)16(24-17)22-10(2)14-4-3-12(19)8-21-14/h3-6,8,10H,1-2H3,(H3,22,23,24,25,26). The van der Waals surface area contributed by atoms with Crippen molar-refractivity contribution in [3.05, 3.63) is 58.3 Å². The number of H-pyrrole nitrogens is 1. The average Bonchev–Trinajstić information content (AvgIpc) is 3.03. The van der Waals surface area contributed by atoms with Crippen LogP contribution in [-0.2, 0) is 0 Å². The Morgan fingerprint density at radius 3 is 2.73 bits per heavy atom. The number of halogens is 2. The molecule has 0 bridgehead atoms. The van der Waals surface area contributed by atoms with E-state index < -0.39 is 5.82 Å². The van der Waals surface area contributed by atoms with Crippen molar-refractivity contribution < 1.29 is 4.39 Å². The van der Waals surface area contributed by atoms with E-state index in [1.54, 1.807) is 12.1 Å². The maximum Gasteiger partial charge on any atom is 0.153 e. The number of hydrogen-bond acceptors (Lipinski definition) is 6. The zero-order valence-electron chi connectivity index (χ0n) is 14.0. The van der Waals surface area contributed by atoms with Gasteiger partial charge < -0.3 is 10.6 Å². The van der Waals surface area contributed by atoms with Gasteiger partial charge in [-0.2, -0.15) is 10.4 Å². The third-order valence-corrected chi connectivity index (χ3v) is 3.88. The summed E-state index contributed by atoms with van der Waals surface area (Å²) in [5.74, 6) is 0.842. The number of aryl methyl sites for hydroxylation is 1. The molecule has 132 valence electrons. The summed E-state index contributed by atoms with van der Waals surface area (Å²) in [6, 6.07) is 7.98. The third kappa shape index (κ3) is 3.90. The maximum atomic E-state index is 13.0. The van der Waals surface area contributed by atoms with Gasteiger partial charge in [0.25, 0.3) is 0 Å². The van der Waals surface area contributed by atoms with Gasteiger partial charge in [0.15, 0.2) is 11.6 Å². The molecule has 1 atom stereocenters. The molecule has 0 amide bonds. The summed E-state index contributed by atoms with van der Waals surface area (Å²) in [6.45, 7) is 3.71. The first kappa shape index (κ1) is 17.6. The minimum Gasteiger partial charge on any atom is -0.361 e. The van der Waals surface area contributed by atoms with E-state index in [-0.39, 0.29) is 11.6 Å². The second kappa shape index (κ2) is 7.37. The molecule has 7 nitrogen and oxygen atoms in total. The number of hydrogen-bond donors (Lipinski definition) is 3. The first-order valence-corrected chi connectivity index (χ1v) is 8.11. The fraction of sp³-hybridized carbons (Fsp3) is 0.176. The predicted molar refractivity (Wildman–Crippen MR) is 96.8 cm³/mol. The molecule has 0 aliphatic heterocycles. The van der Waals surface area contributed by atoms with Crippen molar-refractivity contribution in [3.63, 3.8) is 0 Å². The minimum absolute atomic E-state index is 0.285. The molecule has 0 fully saturated rings. The molecule has 0 aliphatic carbocycles. The molecule has 3 heterocycles. The van der Waals surface area contributed by atoms with Crippen molar-refractivity contribution in [1.82, 2.24) is 20.2 Å². The smallest absolute Gasteiger partial charge is 0.153 e. The summed E-state index contributed by atoms with van der Waals surface area (Å²) in [7, 11) is 0. The van der Waals surface area contributed by atoms with Crippen LogP contribution in [0.5, 0.6) is 0 Å². The number of pyridine rings is 2. The van der Waals surface area contributed by atoms with Crippen LogP contribution in [0.2, 0.25) is 5.02 Å². The second-order valence-electron chi connectivity index (χ2n) is 5.66. The molecule has 0 spiro atoms. The Morgan fingerprint density at radius 1 is 1.31 bits per heavy atom. The SMILES string of the molecule is Cc1cc(Nc2nc(NC(C)c3ccc(F)cn3)c(C#N)cc2Cl)n[nH]1. The number of aromatic amines is 1. The van der Waals surface area contributed by atoms with Gasteiger partial charge in [-0.3, -0.25) is 10.1 Å². The molecule has 0 radical (unpaired) electrons. The van der Waals surface area contributed by atoms with Crippen LogP contribution in [0.4, 0.5) is 21.8 Å². The fourth-order valence-corrected chi connectivity index (χ4v) is 2.50. The molecule has 9 heteroatoms. The lowest BCUT2D eigenvalue weighted by molar-refractivity contribution is 0.617. The zero-order valence-corrected chi connectivity index (χ0v) is 14.8. The molecule has 3 rings (SSSR count). The largest absolute Gasteiger partial charge is 0.361 e. The normalized spacial score (nSPS) is 11.7. The van der Waals surface area contributed by atoms with Crippen molar-refractivity contribution in [2.24, 2.45) is 0 Å². The van der Waals surface area contributed by atoms with E-state index in [0.717, 1.165) is 11.9 Å². The first-order chi connectivity index (χ1) is 12.5. The number of nitrogens with zero attached hydrogens (tertiary/aromatic N) is 4. The first-order valence-electron chi connectivity index (χ1n) is 7.74. The number of rotatable bonds is 5. The quantitative estimate of drug-likeness (QED) is 0.624. The Kier molecular flexibility index (Phi) is 5.00. The molecule has 0 aromatic carbocycles. The van der Waals surface area contributed by atoms with E-state index in [9.17, 15) is 9.65 Å². The van der Waals surface area contributed by atoms with E-state index >= 15 is 0 Å². The number of aromatic nitrogens is 4. The lowest BCUT2D eigenvalue weighted by atomic mass is 10.2. The fourth-order valence-electron chi connectivity index (χ4n) is 2.30. The Bertz CT molecular complexity index is 962. The Balaban J connectivity index is 1.88. The topological polar surface area (TPSA) is 102 Å². The number of nitriles is 1. The van der Waals surface area contributed by atoms with Gasteiger partial charge in [0, 0.05) is 11.8 Å². The van der Waals surface area contributed by atoms with Crippen molar-refractivity contribution in [1.29, 1.82) is 5.26 Å². The lowest BCUT2D eigenvalue weighted by Crippen LogP contribution is -2.12. The molecule has 3 aromatic rings.